The third-order valence-corrected chi connectivity index (χ3v) is 5.45. The SMILES string of the molecule is CCc1nnc(CSc2nc3cc(Cl)ccc3c(=O)n2-c2ccccc2C)o1. The van der Waals surface area contributed by atoms with Gasteiger partial charge in [-0.25, -0.2) is 4.98 Å². The van der Waals surface area contributed by atoms with Crippen LogP contribution < -0.4 is 5.56 Å². The van der Waals surface area contributed by atoms with E-state index >= 15 is 0 Å². The molecule has 0 N–H and O–H groups in total. The zero-order valence-electron chi connectivity index (χ0n) is 15.3. The van der Waals surface area contributed by atoms with E-state index in [2.05, 4.69) is 10.2 Å². The number of benzene rings is 2. The Morgan fingerprint density at radius 2 is 1.93 bits per heavy atom. The lowest BCUT2D eigenvalue weighted by Crippen LogP contribution is -2.22. The molecule has 0 saturated carbocycles. The second-order valence-electron chi connectivity index (χ2n) is 6.21. The van der Waals surface area contributed by atoms with Gasteiger partial charge in [0.05, 0.1) is 22.3 Å². The Balaban J connectivity index is 1.85. The van der Waals surface area contributed by atoms with E-state index in [1.807, 2.05) is 38.1 Å². The van der Waals surface area contributed by atoms with Gasteiger partial charge in [0.25, 0.3) is 5.56 Å². The average Bonchev–Trinajstić information content (AvgIpc) is 3.15. The Labute approximate surface area is 170 Å². The summed E-state index contributed by atoms with van der Waals surface area (Å²) in [4.78, 5) is 18.0. The van der Waals surface area contributed by atoms with Crippen LogP contribution in [0.3, 0.4) is 0 Å². The van der Waals surface area contributed by atoms with Gasteiger partial charge in [-0.1, -0.05) is 48.5 Å². The minimum absolute atomic E-state index is 0.141. The van der Waals surface area contributed by atoms with Crippen LogP contribution in [0.25, 0.3) is 16.6 Å². The highest BCUT2D eigenvalue weighted by Gasteiger charge is 2.16. The first kappa shape index (κ1) is 18.7. The van der Waals surface area contributed by atoms with E-state index < -0.39 is 0 Å². The Bertz CT molecular complexity index is 1220. The van der Waals surface area contributed by atoms with Crippen LogP contribution in [-0.4, -0.2) is 19.7 Å². The van der Waals surface area contributed by atoms with E-state index in [0.717, 1.165) is 11.3 Å². The van der Waals surface area contributed by atoms with Gasteiger partial charge in [0, 0.05) is 11.4 Å². The molecule has 2 heterocycles. The van der Waals surface area contributed by atoms with Crippen molar-refractivity contribution in [3.8, 4) is 5.69 Å². The van der Waals surface area contributed by atoms with Gasteiger partial charge in [-0.15, -0.1) is 10.2 Å². The first-order valence-electron chi connectivity index (χ1n) is 8.79. The molecule has 2 aromatic carbocycles. The van der Waals surface area contributed by atoms with E-state index in [4.69, 9.17) is 21.0 Å². The lowest BCUT2D eigenvalue weighted by atomic mass is 10.2. The van der Waals surface area contributed by atoms with Crippen molar-refractivity contribution < 1.29 is 4.42 Å². The van der Waals surface area contributed by atoms with Crippen LogP contribution in [0, 0.1) is 6.92 Å². The molecule has 4 aromatic rings. The highest BCUT2D eigenvalue weighted by Crippen LogP contribution is 2.26. The Morgan fingerprint density at radius 1 is 1.14 bits per heavy atom. The summed E-state index contributed by atoms with van der Waals surface area (Å²) in [5.74, 6) is 1.50. The maximum atomic E-state index is 13.3. The Morgan fingerprint density at radius 3 is 2.68 bits per heavy atom. The fourth-order valence-corrected chi connectivity index (χ4v) is 3.89. The molecule has 0 amide bonds. The molecule has 0 aliphatic rings. The van der Waals surface area contributed by atoms with Crippen molar-refractivity contribution in [1.82, 2.24) is 19.7 Å². The van der Waals surface area contributed by atoms with Gasteiger partial charge >= 0.3 is 0 Å². The van der Waals surface area contributed by atoms with Gasteiger partial charge in [0.2, 0.25) is 11.8 Å². The second-order valence-corrected chi connectivity index (χ2v) is 7.59. The number of thioether (sulfide) groups is 1. The van der Waals surface area contributed by atoms with Crippen molar-refractivity contribution >= 4 is 34.3 Å². The van der Waals surface area contributed by atoms with Crippen LogP contribution in [0.4, 0.5) is 0 Å². The summed E-state index contributed by atoms with van der Waals surface area (Å²) in [6.07, 6.45) is 0.679. The molecule has 0 fully saturated rings. The monoisotopic (exact) mass is 412 g/mol. The maximum absolute atomic E-state index is 13.3. The molecule has 4 rings (SSSR count). The fourth-order valence-electron chi connectivity index (χ4n) is 2.88. The fraction of sp³-hybridized carbons (Fsp3) is 0.200. The van der Waals surface area contributed by atoms with E-state index in [9.17, 15) is 4.79 Å². The summed E-state index contributed by atoms with van der Waals surface area (Å²) in [7, 11) is 0. The molecule has 142 valence electrons. The quantitative estimate of drug-likeness (QED) is 0.352. The van der Waals surface area contributed by atoms with Crippen LogP contribution in [0.1, 0.15) is 24.3 Å². The number of aryl methyl sites for hydroxylation is 2. The number of aromatic nitrogens is 4. The summed E-state index contributed by atoms with van der Waals surface area (Å²) >= 11 is 7.48. The van der Waals surface area contributed by atoms with Crippen molar-refractivity contribution in [2.75, 3.05) is 0 Å². The molecule has 0 aliphatic carbocycles. The molecule has 6 nitrogen and oxygen atoms in total. The molecule has 0 aliphatic heterocycles. The summed E-state index contributed by atoms with van der Waals surface area (Å²) in [5, 5.41) is 9.63. The van der Waals surface area contributed by atoms with E-state index in [1.54, 1.807) is 22.8 Å². The minimum atomic E-state index is -0.141. The summed E-state index contributed by atoms with van der Waals surface area (Å²) in [6, 6.07) is 12.8. The maximum Gasteiger partial charge on any atom is 0.266 e. The van der Waals surface area contributed by atoms with Crippen LogP contribution in [-0.2, 0) is 12.2 Å². The number of fused-ring (bicyclic) bond motifs is 1. The molecule has 0 saturated heterocycles. The van der Waals surface area contributed by atoms with Crippen molar-refractivity contribution in [2.45, 2.75) is 31.2 Å². The van der Waals surface area contributed by atoms with Gasteiger partial charge in [-0.3, -0.25) is 9.36 Å². The van der Waals surface area contributed by atoms with Gasteiger partial charge in [0.15, 0.2) is 5.16 Å². The van der Waals surface area contributed by atoms with Crippen molar-refractivity contribution in [1.29, 1.82) is 0 Å². The van der Waals surface area contributed by atoms with Crippen LogP contribution in [0.5, 0.6) is 0 Å². The van der Waals surface area contributed by atoms with Crippen LogP contribution in [0.2, 0.25) is 5.02 Å². The summed E-state index contributed by atoms with van der Waals surface area (Å²) < 4.78 is 7.21. The molecule has 28 heavy (non-hydrogen) atoms. The highest BCUT2D eigenvalue weighted by molar-refractivity contribution is 7.98. The summed E-state index contributed by atoms with van der Waals surface area (Å²) in [5.41, 5.74) is 2.19. The number of nitrogens with zero attached hydrogens (tertiary/aromatic N) is 4. The predicted molar refractivity (Wildman–Crippen MR) is 110 cm³/mol. The number of hydrogen-bond donors (Lipinski definition) is 0. The van der Waals surface area contributed by atoms with Crippen LogP contribution >= 0.6 is 23.4 Å². The van der Waals surface area contributed by atoms with Crippen LogP contribution in [0.15, 0.2) is 56.8 Å². The smallest absolute Gasteiger partial charge is 0.266 e. The molecule has 0 bridgehead atoms. The van der Waals surface area contributed by atoms with Gasteiger partial charge in [0.1, 0.15) is 0 Å². The minimum Gasteiger partial charge on any atom is -0.424 e. The molecule has 8 heteroatoms. The molecule has 2 aromatic heterocycles. The predicted octanol–water partition coefficient (Wildman–Crippen LogP) is 4.59. The number of para-hydroxylation sites is 1. The second kappa shape index (κ2) is 7.77. The molecular weight excluding hydrogens is 396 g/mol. The average molecular weight is 413 g/mol. The summed E-state index contributed by atoms with van der Waals surface area (Å²) in [6.45, 7) is 3.92. The highest BCUT2D eigenvalue weighted by atomic mass is 35.5. The Kier molecular flexibility index (Phi) is 5.19. The standard InChI is InChI=1S/C20H17ClN4O2S/c1-3-17-23-24-18(27-17)11-28-20-22-15-10-13(21)8-9-14(15)19(26)25(20)16-7-5-4-6-12(16)2/h4-10H,3,11H2,1-2H3. The van der Waals surface area contributed by atoms with Crippen molar-refractivity contribution in [3.05, 3.63) is 75.2 Å². The molecular formula is C20H17ClN4O2S. The van der Waals surface area contributed by atoms with Crippen molar-refractivity contribution in [3.63, 3.8) is 0 Å². The topological polar surface area (TPSA) is 73.8 Å². The first-order valence-corrected chi connectivity index (χ1v) is 10.2. The molecule has 0 spiro atoms. The lowest BCUT2D eigenvalue weighted by molar-refractivity contribution is 0.469. The zero-order chi connectivity index (χ0) is 19.7. The molecule has 0 radical (unpaired) electrons. The van der Waals surface area contributed by atoms with Gasteiger partial charge < -0.3 is 4.42 Å². The molecule has 0 unspecified atom stereocenters. The third kappa shape index (κ3) is 3.55. The number of hydrogen-bond acceptors (Lipinski definition) is 6. The number of halogens is 1. The molecule has 0 atom stereocenters. The van der Waals surface area contributed by atoms with Gasteiger partial charge in [-0.05, 0) is 36.8 Å². The van der Waals surface area contributed by atoms with E-state index in [1.165, 1.54) is 11.8 Å². The van der Waals surface area contributed by atoms with Crippen molar-refractivity contribution in [2.24, 2.45) is 0 Å². The number of rotatable bonds is 5. The van der Waals surface area contributed by atoms with Gasteiger partial charge in [-0.2, -0.15) is 0 Å². The van der Waals surface area contributed by atoms with E-state index in [-0.39, 0.29) is 5.56 Å². The largest absolute Gasteiger partial charge is 0.424 e. The zero-order valence-corrected chi connectivity index (χ0v) is 16.9. The first-order chi connectivity index (χ1) is 13.6. The Hall–Kier alpha value is -2.64. The lowest BCUT2D eigenvalue weighted by Gasteiger charge is -2.14. The van der Waals surface area contributed by atoms with E-state index in [0.29, 0.717) is 45.0 Å². The third-order valence-electron chi connectivity index (χ3n) is 4.29. The normalized spacial score (nSPS) is 11.2.